The molecule has 0 radical (unpaired) electrons. The number of methoxy groups -OCH3 is 1. The van der Waals surface area contributed by atoms with Gasteiger partial charge in [-0.15, -0.1) is 0 Å². The standard InChI is InChI=1S/C22H23BrN7O2P/c1-24-13-5-8-18(32-2)17(11-13)29-22-27-12-14(23)21(30-22)28-16-7-6-15-19(26-10-9-25-15)20(16)33(3,4)31/h5-12,24H,1-4H3,(H2,27,28,29,30). The molecule has 170 valence electrons. The van der Waals surface area contributed by atoms with Crippen LogP contribution in [0.1, 0.15) is 0 Å². The van der Waals surface area contributed by atoms with E-state index in [1.165, 1.54) is 0 Å². The van der Waals surface area contributed by atoms with Gasteiger partial charge in [0.2, 0.25) is 5.95 Å². The van der Waals surface area contributed by atoms with Gasteiger partial charge in [0.15, 0.2) is 0 Å². The highest BCUT2D eigenvalue weighted by molar-refractivity contribution is 9.10. The zero-order valence-electron chi connectivity index (χ0n) is 18.5. The Bertz CT molecular complexity index is 1380. The Hall–Kier alpha value is -3.23. The second kappa shape index (κ2) is 9.33. The van der Waals surface area contributed by atoms with Crippen LogP contribution in [0.3, 0.4) is 0 Å². The topological polar surface area (TPSA) is 114 Å². The first kappa shape index (κ1) is 22.9. The summed E-state index contributed by atoms with van der Waals surface area (Å²) in [6, 6.07) is 9.35. The molecule has 11 heteroatoms. The molecule has 2 aromatic carbocycles. The van der Waals surface area contributed by atoms with Crippen molar-refractivity contribution >= 4 is 68.2 Å². The second-order valence-corrected chi connectivity index (χ2v) is 11.5. The largest absolute Gasteiger partial charge is 0.495 e. The van der Waals surface area contributed by atoms with Crippen LogP contribution >= 0.6 is 23.1 Å². The van der Waals surface area contributed by atoms with Gasteiger partial charge in [-0.3, -0.25) is 9.97 Å². The molecule has 33 heavy (non-hydrogen) atoms. The fraction of sp³-hybridized carbons (Fsp3) is 0.182. The van der Waals surface area contributed by atoms with Gasteiger partial charge >= 0.3 is 0 Å². The number of hydrogen-bond acceptors (Lipinski definition) is 9. The first-order valence-corrected chi connectivity index (χ1v) is 13.4. The molecular weight excluding hydrogens is 505 g/mol. The molecule has 2 aromatic heterocycles. The molecule has 4 rings (SSSR count). The highest BCUT2D eigenvalue weighted by Crippen LogP contribution is 2.41. The Morgan fingerprint density at radius 3 is 2.52 bits per heavy atom. The molecule has 0 bridgehead atoms. The Balaban J connectivity index is 1.74. The van der Waals surface area contributed by atoms with Gasteiger partial charge in [-0.25, -0.2) is 4.98 Å². The summed E-state index contributed by atoms with van der Waals surface area (Å²) in [6.45, 7) is 3.43. The van der Waals surface area contributed by atoms with E-state index in [-0.39, 0.29) is 0 Å². The quantitative estimate of drug-likeness (QED) is 0.286. The number of halogens is 1. The van der Waals surface area contributed by atoms with Crippen molar-refractivity contribution in [2.75, 3.05) is 43.4 Å². The summed E-state index contributed by atoms with van der Waals surface area (Å²) in [5.74, 6) is 1.53. The van der Waals surface area contributed by atoms with Gasteiger partial charge in [0.05, 0.1) is 33.8 Å². The molecule has 0 unspecified atom stereocenters. The molecule has 0 saturated carbocycles. The van der Waals surface area contributed by atoms with Crippen molar-refractivity contribution in [2.24, 2.45) is 0 Å². The Morgan fingerprint density at radius 1 is 1.00 bits per heavy atom. The summed E-state index contributed by atoms with van der Waals surface area (Å²) in [5, 5.41) is 10.2. The lowest BCUT2D eigenvalue weighted by molar-refractivity contribution is 0.417. The summed E-state index contributed by atoms with van der Waals surface area (Å²) in [5.41, 5.74) is 3.57. The van der Waals surface area contributed by atoms with Gasteiger partial charge in [0.25, 0.3) is 0 Å². The maximum Gasteiger partial charge on any atom is 0.229 e. The Labute approximate surface area is 199 Å². The lowest BCUT2D eigenvalue weighted by Crippen LogP contribution is -2.14. The van der Waals surface area contributed by atoms with Crippen LogP contribution < -0.4 is 26.0 Å². The van der Waals surface area contributed by atoms with Crippen LogP contribution in [0.25, 0.3) is 11.0 Å². The van der Waals surface area contributed by atoms with E-state index in [1.807, 2.05) is 37.4 Å². The van der Waals surface area contributed by atoms with Gasteiger partial charge < -0.3 is 25.3 Å². The summed E-state index contributed by atoms with van der Waals surface area (Å²) in [6.07, 6.45) is 4.86. The average Bonchev–Trinajstić information content (AvgIpc) is 2.80. The lowest BCUT2D eigenvalue weighted by atomic mass is 10.2. The first-order chi connectivity index (χ1) is 15.8. The van der Waals surface area contributed by atoms with Crippen LogP contribution in [0.2, 0.25) is 0 Å². The van der Waals surface area contributed by atoms with Crippen molar-refractivity contribution in [3.63, 3.8) is 0 Å². The van der Waals surface area contributed by atoms with E-state index in [0.29, 0.717) is 49.7 Å². The third kappa shape index (κ3) is 4.91. The molecule has 0 fully saturated rings. The van der Waals surface area contributed by atoms with Gasteiger partial charge in [0.1, 0.15) is 24.2 Å². The molecule has 0 spiro atoms. The maximum atomic E-state index is 13.2. The molecule has 3 N–H and O–H groups in total. The molecule has 0 aliphatic rings. The van der Waals surface area contributed by atoms with Gasteiger partial charge in [-0.2, -0.15) is 4.98 Å². The summed E-state index contributed by atoms with van der Waals surface area (Å²) in [4.78, 5) is 17.7. The third-order valence-electron chi connectivity index (χ3n) is 4.88. The molecule has 9 nitrogen and oxygen atoms in total. The highest BCUT2D eigenvalue weighted by Gasteiger charge is 2.22. The molecule has 0 amide bonds. The number of aromatic nitrogens is 4. The van der Waals surface area contributed by atoms with Crippen LogP contribution in [-0.2, 0) is 4.57 Å². The SMILES string of the molecule is CNc1ccc(OC)c(Nc2ncc(Br)c(Nc3ccc4nccnc4c3P(C)(C)=O)n2)c1. The van der Waals surface area contributed by atoms with Crippen molar-refractivity contribution in [2.45, 2.75) is 0 Å². The number of ether oxygens (including phenoxy) is 1. The normalized spacial score (nSPS) is 11.3. The average molecular weight is 528 g/mol. The van der Waals surface area contributed by atoms with Crippen molar-refractivity contribution in [1.29, 1.82) is 0 Å². The van der Waals surface area contributed by atoms with E-state index in [1.54, 1.807) is 39.0 Å². The van der Waals surface area contributed by atoms with E-state index in [0.717, 1.165) is 5.69 Å². The van der Waals surface area contributed by atoms with E-state index < -0.39 is 7.14 Å². The van der Waals surface area contributed by atoms with Crippen LogP contribution in [-0.4, -0.2) is 47.4 Å². The minimum atomic E-state index is -2.70. The van der Waals surface area contributed by atoms with E-state index >= 15 is 0 Å². The van der Waals surface area contributed by atoms with Crippen LogP contribution in [0.4, 0.5) is 28.8 Å². The van der Waals surface area contributed by atoms with Crippen LogP contribution in [0.5, 0.6) is 5.75 Å². The van der Waals surface area contributed by atoms with Crippen molar-refractivity contribution < 1.29 is 9.30 Å². The zero-order valence-corrected chi connectivity index (χ0v) is 21.0. The van der Waals surface area contributed by atoms with Crippen LogP contribution in [0.15, 0.2) is 53.4 Å². The predicted molar refractivity (Wildman–Crippen MR) is 137 cm³/mol. The lowest BCUT2D eigenvalue weighted by Gasteiger charge is -2.18. The maximum absolute atomic E-state index is 13.2. The first-order valence-electron chi connectivity index (χ1n) is 10.0. The summed E-state index contributed by atoms with van der Waals surface area (Å²) >= 11 is 3.50. The minimum absolute atomic E-state index is 0.366. The van der Waals surface area contributed by atoms with E-state index in [2.05, 4.69) is 51.8 Å². The number of benzene rings is 2. The fourth-order valence-corrected chi connectivity index (χ4v) is 5.08. The summed E-state index contributed by atoms with van der Waals surface area (Å²) in [7, 11) is 0.744. The van der Waals surface area contributed by atoms with Gasteiger partial charge in [-0.1, -0.05) is 0 Å². The Morgan fingerprint density at radius 2 is 1.79 bits per heavy atom. The van der Waals surface area contributed by atoms with Crippen LogP contribution in [0, 0.1) is 0 Å². The molecular formula is C22H23BrN7O2P. The smallest absolute Gasteiger partial charge is 0.229 e. The summed E-state index contributed by atoms with van der Waals surface area (Å²) < 4.78 is 19.3. The number of nitrogens with zero attached hydrogens (tertiary/aromatic N) is 4. The van der Waals surface area contributed by atoms with Crippen molar-refractivity contribution in [1.82, 2.24) is 19.9 Å². The number of fused-ring (bicyclic) bond motifs is 1. The molecule has 4 aromatic rings. The highest BCUT2D eigenvalue weighted by atomic mass is 79.9. The van der Waals surface area contributed by atoms with E-state index in [4.69, 9.17) is 4.74 Å². The van der Waals surface area contributed by atoms with E-state index in [9.17, 15) is 4.57 Å². The number of hydrogen-bond donors (Lipinski definition) is 3. The van der Waals surface area contributed by atoms with Crippen molar-refractivity contribution in [3.05, 3.63) is 53.4 Å². The zero-order chi connectivity index (χ0) is 23.6. The predicted octanol–water partition coefficient (Wildman–Crippen LogP) is 4.97. The molecule has 0 atom stereocenters. The fourth-order valence-electron chi connectivity index (χ4n) is 3.39. The Kier molecular flexibility index (Phi) is 6.49. The minimum Gasteiger partial charge on any atom is -0.495 e. The van der Waals surface area contributed by atoms with Gasteiger partial charge in [-0.05, 0) is 59.6 Å². The number of anilines is 5. The molecule has 0 aliphatic heterocycles. The third-order valence-corrected chi connectivity index (χ3v) is 6.99. The molecule has 0 aliphatic carbocycles. The monoisotopic (exact) mass is 527 g/mol. The molecule has 0 saturated heterocycles. The number of nitrogens with one attached hydrogen (secondary N) is 3. The second-order valence-electron chi connectivity index (χ2n) is 7.54. The number of rotatable bonds is 7. The molecule has 2 heterocycles. The van der Waals surface area contributed by atoms with Gasteiger partial charge in [0, 0.05) is 31.3 Å². The van der Waals surface area contributed by atoms with Crippen molar-refractivity contribution in [3.8, 4) is 5.75 Å².